The van der Waals surface area contributed by atoms with Gasteiger partial charge in [-0.15, -0.1) is 22.9 Å². The van der Waals surface area contributed by atoms with Crippen molar-refractivity contribution < 1.29 is 4.79 Å². The predicted octanol–water partition coefficient (Wildman–Crippen LogP) is 2.34. The van der Waals surface area contributed by atoms with Gasteiger partial charge >= 0.3 is 0 Å². The quantitative estimate of drug-likeness (QED) is 0.792. The fourth-order valence-corrected chi connectivity index (χ4v) is 2.04. The van der Waals surface area contributed by atoms with Crippen LogP contribution in [0.3, 0.4) is 0 Å². The zero-order valence-electron chi connectivity index (χ0n) is 8.00. The highest BCUT2D eigenvalue weighted by Gasteiger charge is 2.13. The molecule has 1 heterocycles. The molecule has 1 atom stereocenters. The van der Waals surface area contributed by atoms with Gasteiger partial charge in [-0.3, -0.25) is 4.79 Å². The van der Waals surface area contributed by atoms with E-state index in [1.165, 1.54) is 0 Å². The van der Waals surface area contributed by atoms with Crippen molar-refractivity contribution in [3.63, 3.8) is 0 Å². The van der Waals surface area contributed by atoms with Gasteiger partial charge < -0.3 is 5.32 Å². The lowest BCUT2D eigenvalue weighted by molar-refractivity contribution is -0.121. The summed E-state index contributed by atoms with van der Waals surface area (Å²) in [6.45, 7) is 2.02. The van der Waals surface area contributed by atoms with Crippen molar-refractivity contribution in [3.05, 3.63) is 16.6 Å². The molecule has 0 aromatic carbocycles. The van der Waals surface area contributed by atoms with Crippen LogP contribution in [-0.2, 0) is 4.79 Å². The van der Waals surface area contributed by atoms with Gasteiger partial charge in [-0.2, -0.15) is 0 Å². The number of rotatable bonds is 5. The number of hydrogen-bond acceptors (Lipinski definition) is 3. The molecule has 0 fully saturated rings. The zero-order valence-corrected chi connectivity index (χ0v) is 9.57. The van der Waals surface area contributed by atoms with Crippen LogP contribution in [0.1, 0.15) is 30.8 Å². The molecule has 0 radical (unpaired) electrons. The van der Waals surface area contributed by atoms with E-state index in [1.54, 1.807) is 17.5 Å². The second-order valence-electron chi connectivity index (χ2n) is 2.84. The molecule has 0 aliphatic rings. The summed E-state index contributed by atoms with van der Waals surface area (Å²) >= 11 is 7.03. The molecular formula is C9H13ClN2OS. The van der Waals surface area contributed by atoms with Gasteiger partial charge in [0, 0.05) is 23.9 Å². The maximum atomic E-state index is 11.3. The van der Waals surface area contributed by atoms with Crippen LogP contribution in [0, 0.1) is 0 Å². The molecular weight excluding hydrogens is 220 g/mol. The molecule has 1 aromatic heterocycles. The first-order valence-corrected chi connectivity index (χ1v) is 5.94. The summed E-state index contributed by atoms with van der Waals surface area (Å²) in [5, 5.41) is 5.76. The Balaban J connectivity index is 2.51. The summed E-state index contributed by atoms with van der Waals surface area (Å²) in [6.07, 6.45) is 2.96. The number of nitrogens with one attached hydrogen (secondary N) is 1. The van der Waals surface area contributed by atoms with Crippen LogP contribution in [0.2, 0.25) is 0 Å². The van der Waals surface area contributed by atoms with Crippen LogP contribution < -0.4 is 5.32 Å². The summed E-state index contributed by atoms with van der Waals surface area (Å²) < 4.78 is 0. The Labute approximate surface area is 92.5 Å². The molecule has 14 heavy (non-hydrogen) atoms. The van der Waals surface area contributed by atoms with Crippen molar-refractivity contribution in [2.24, 2.45) is 0 Å². The molecule has 1 rings (SSSR count). The van der Waals surface area contributed by atoms with Gasteiger partial charge in [-0.1, -0.05) is 6.92 Å². The molecule has 1 aromatic rings. The number of hydrogen-bond donors (Lipinski definition) is 1. The van der Waals surface area contributed by atoms with Crippen LogP contribution in [0.4, 0.5) is 0 Å². The van der Waals surface area contributed by atoms with Crippen molar-refractivity contribution in [3.8, 4) is 0 Å². The number of carbonyl (C=O) groups is 1. The minimum atomic E-state index is -0.0120. The van der Waals surface area contributed by atoms with Gasteiger partial charge in [0.2, 0.25) is 5.91 Å². The first-order chi connectivity index (χ1) is 6.77. The highest BCUT2D eigenvalue weighted by Crippen LogP contribution is 2.18. The van der Waals surface area contributed by atoms with E-state index in [-0.39, 0.29) is 11.9 Å². The van der Waals surface area contributed by atoms with E-state index in [4.69, 9.17) is 11.6 Å². The van der Waals surface area contributed by atoms with Gasteiger partial charge in [-0.25, -0.2) is 4.98 Å². The van der Waals surface area contributed by atoms with Crippen LogP contribution >= 0.6 is 22.9 Å². The molecule has 1 N–H and O–H groups in total. The van der Waals surface area contributed by atoms with Gasteiger partial charge in [-0.05, 0) is 6.42 Å². The largest absolute Gasteiger partial charge is 0.347 e. The van der Waals surface area contributed by atoms with E-state index in [1.807, 2.05) is 12.3 Å². The Morgan fingerprint density at radius 3 is 3.07 bits per heavy atom. The summed E-state index contributed by atoms with van der Waals surface area (Å²) in [5.41, 5.74) is 0. The third kappa shape index (κ3) is 3.27. The number of amides is 1. The van der Waals surface area contributed by atoms with E-state index >= 15 is 0 Å². The second kappa shape index (κ2) is 5.98. The molecule has 1 unspecified atom stereocenters. The monoisotopic (exact) mass is 232 g/mol. The van der Waals surface area contributed by atoms with E-state index in [2.05, 4.69) is 10.3 Å². The van der Waals surface area contributed by atoms with E-state index in [9.17, 15) is 4.79 Å². The summed E-state index contributed by atoms with van der Waals surface area (Å²) in [7, 11) is 0. The van der Waals surface area contributed by atoms with Crippen molar-refractivity contribution in [2.75, 3.05) is 5.88 Å². The number of alkyl halides is 1. The van der Waals surface area contributed by atoms with Gasteiger partial charge in [0.25, 0.3) is 0 Å². The third-order valence-electron chi connectivity index (χ3n) is 1.81. The average Bonchev–Trinajstić information content (AvgIpc) is 2.67. The second-order valence-corrected chi connectivity index (χ2v) is 4.14. The lowest BCUT2D eigenvalue weighted by Gasteiger charge is -2.13. The number of carbonyl (C=O) groups excluding carboxylic acids is 1. The number of halogens is 1. The van der Waals surface area contributed by atoms with Crippen molar-refractivity contribution in [1.82, 2.24) is 10.3 Å². The molecule has 1 amide bonds. The standard InChI is InChI=1S/C9H13ClN2OS/c1-2-7(9-11-5-6-14-9)12-8(13)3-4-10/h5-7H,2-4H2,1H3,(H,12,13). The molecule has 5 heteroatoms. The molecule has 0 aliphatic heterocycles. The minimum absolute atomic E-state index is 0.0120. The molecule has 0 saturated carbocycles. The highest BCUT2D eigenvalue weighted by molar-refractivity contribution is 7.09. The lowest BCUT2D eigenvalue weighted by atomic mass is 10.2. The van der Waals surface area contributed by atoms with Crippen molar-refractivity contribution >= 4 is 28.8 Å². The first kappa shape index (κ1) is 11.5. The fourth-order valence-electron chi connectivity index (χ4n) is 1.10. The summed E-state index contributed by atoms with van der Waals surface area (Å²) in [6, 6.07) is 0.0331. The lowest BCUT2D eigenvalue weighted by Crippen LogP contribution is -2.28. The fraction of sp³-hybridized carbons (Fsp3) is 0.556. The van der Waals surface area contributed by atoms with Crippen LogP contribution in [0.25, 0.3) is 0 Å². The third-order valence-corrected chi connectivity index (χ3v) is 2.89. The minimum Gasteiger partial charge on any atom is -0.347 e. The smallest absolute Gasteiger partial charge is 0.221 e. The normalized spacial score (nSPS) is 12.4. The molecule has 0 spiro atoms. The Bertz CT molecular complexity index is 276. The highest BCUT2D eigenvalue weighted by atomic mass is 35.5. The van der Waals surface area contributed by atoms with Gasteiger partial charge in [0.05, 0.1) is 6.04 Å². The molecule has 0 saturated heterocycles. The van der Waals surface area contributed by atoms with E-state index < -0.39 is 0 Å². The number of nitrogens with zero attached hydrogens (tertiary/aromatic N) is 1. The van der Waals surface area contributed by atoms with Crippen LogP contribution in [-0.4, -0.2) is 16.8 Å². The average molecular weight is 233 g/mol. The van der Waals surface area contributed by atoms with Gasteiger partial charge in [0.1, 0.15) is 5.01 Å². The molecule has 78 valence electrons. The number of thiazole rings is 1. The summed E-state index contributed by atoms with van der Waals surface area (Å²) in [4.78, 5) is 15.5. The Morgan fingerprint density at radius 1 is 1.79 bits per heavy atom. The van der Waals surface area contributed by atoms with E-state index in [0.717, 1.165) is 11.4 Å². The first-order valence-electron chi connectivity index (χ1n) is 4.52. The Hall–Kier alpha value is -0.610. The molecule has 0 bridgehead atoms. The zero-order chi connectivity index (χ0) is 10.4. The maximum absolute atomic E-state index is 11.3. The predicted molar refractivity (Wildman–Crippen MR) is 58.6 cm³/mol. The Kier molecular flexibility index (Phi) is 4.90. The van der Waals surface area contributed by atoms with Crippen LogP contribution in [0.15, 0.2) is 11.6 Å². The maximum Gasteiger partial charge on any atom is 0.221 e. The van der Waals surface area contributed by atoms with Gasteiger partial charge in [0.15, 0.2) is 0 Å². The molecule has 3 nitrogen and oxygen atoms in total. The van der Waals surface area contributed by atoms with Crippen molar-refractivity contribution in [2.45, 2.75) is 25.8 Å². The number of aromatic nitrogens is 1. The Morgan fingerprint density at radius 2 is 2.57 bits per heavy atom. The molecule has 0 aliphatic carbocycles. The van der Waals surface area contributed by atoms with Crippen LogP contribution in [0.5, 0.6) is 0 Å². The topological polar surface area (TPSA) is 42.0 Å². The van der Waals surface area contributed by atoms with Crippen molar-refractivity contribution in [1.29, 1.82) is 0 Å². The SMILES string of the molecule is CCC(NC(=O)CCCl)c1nccs1. The van der Waals surface area contributed by atoms with E-state index in [0.29, 0.717) is 12.3 Å². The summed E-state index contributed by atoms with van der Waals surface area (Å²) in [5.74, 6) is 0.349.